The lowest BCUT2D eigenvalue weighted by Crippen LogP contribution is -2.27. The lowest BCUT2D eigenvalue weighted by molar-refractivity contribution is 0.0944. The summed E-state index contributed by atoms with van der Waals surface area (Å²) in [6.07, 6.45) is 1.63. The van der Waals surface area contributed by atoms with E-state index in [1.165, 1.54) is 0 Å². The number of hydrogen-bond acceptors (Lipinski definition) is 7. The largest absolute Gasteiger partial charge is 0.360 e. The Labute approximate surface area is 179 Å². The fourth-order valence-electron chi connectivity index (χ4n) is 3.42. The molecule has 2 N–H and O–H groups in total. The molecular formula is C22H24N6O3. The SMILES string of the molecule is CCc1onc(C(=O)NCCc2noc(-c3ccccc3)n2)c1Cc1c(C)n[nH]c1C. The van der Waals surface area contributed by atoms with Gasteiger partial charge in [0.15, 0.2) is 11.5 Å². The lowest BCUT2D eigenvalue weighted by Gasteiger charge is -2.05. The maximum atomic E-state index is 12.8. The van der Waals surface area contributed by atoms with Gasteiger partial charge in [-0.05, 0) is 26.0 Å². The molecule has 1 amide bonds. The summed E-state index contributed by atoms with van der Waals surface area (Å²) < 4.78 is 10.7. The number of nitrogens with one attached hydrogen (secondary N) is 2. The zero-order chi connectivity index (χ0) is 21.8. The van der Waals surface area contributed by atoms with Crippen molar-refractivity contribution < 1.29 is 13.8 Å². The molecule has 0 atom stereocenters. The van der Waals surface area contributed by atoms with E-state index in [1.807, 2.05) is 51.1 Å². The van der Waals surface area contributed by atoms with E-state index in [-0.39, 0.29) is 5.91 Å². The van der Waals surface area contributed by atoms with E-state index in [9.17, 15) is 4.79 Å². The standard InChI is InChI=1S/C22H24N6O3/c1-4-18-17(12-16-13(2)25-26-14(16)3)20(28-30-18)21(29)23-11-10-19-24-22(31-27-19)15-8-6-5-7-9-15/h5-9H,4,10-12H2,1-3H3,(H,23,29)(H,25,26). The minimum Gasteiger partial charge on any atom is -0.360 e. The highest BCUT2D eigenvalue weighted by molar-refractivity contribution is 5.93. The number of carbonyl (C=O) groups excluding carboxylic acids is 1. The Morgan fingerprint density at radius 2 is 1.90 bits per heavy atom. The maximum absolute atomic E-state index is 12.8. The van der Waals surface area contributed by atoms with Crippen LogP contribution in [0.5, 0.6) is 0 Å². The summed E-state index contributed by atoms with van der Waals surface area (Å²) in [5, 5.41) is 18.1. The number of aromatic amines is 1. The summed E-state index contributed by atoms with van der Waals surface area (Å²) in [5.74, 6) is 1.40. The van der Waals surface area contributed by atoms with Crippen molar-refractivity contribution in [1.29, 1.82) is 0 Å². The molecule has 31 heavy (non-hydrogen) atoms. The van der Waals surface area contributed by atoms with Gasteiger partial charge in [-0.1, -0.05) is 35.4 Å². The van der Waals surface area contributed by atoms with Crippen molar-refractivity contribution in [2.24, 2.45) is 0 Å². The third-order valence-corrected chi connectivity index (χ3v) is 5.16. The van der Waals surface area contributed by atoms with Crippen LogP contribution in [-0.2, 0) is 19.3 Å². The predicted molar refractivity (Wildman–Crippen MR) is 113 cm³/mol. The molecule has 0 saturated heterocycles. The number of aromatic nitrogens is 5. The number of H-pyrrole nitrogens is 1. The zero-order valence-corrected chi connectivity index (χ0v) is 17.7. The van der Waals surface area contributed by atoms with E-state index < -0.39 is 0 Å². The minimum atomic E-state index is -0.288. The van der Waals surface area contributed by atoms with Gasteiger partial charge in [0.1, 0.15) is 5.76 Å². The molecule has 160 valence electrons. The lowest BCUT2D eigenvalue weighted by atomic mass is 10.0. The van der Waals surface area contributed by atoms with Gasteiger partial charge in [-0.3, -0.25) is 9.89 Å². The highest BCUT2D eigenvalue weighted by Gasteiger charge is 2.23. The molecule has 0 aliphatic rings. The van der Waals surface area contributed by atoms with Crippen LogP contribution in [0.2, 0.25) is 0 Å². The number of carbonyl (C=O) groups is 1. The number of hydrogen-bond donors (Lipinski definition) is 2. The normalized spacial score (nSPS) is 11.1. The molecule has 0 saturated carbocycles. The van der Waals surface area contributed by atoms with Gasteiger partial charge in [0.05, 0.1) is 5.69 Å². The second-order valence-corrected chi connectivity index (χ2v) is 7.26. The Hall–Kier alpha value is -3.75. The van der Waals surface area contributed by atoms with Gasteiger partial charge in [0, 0.05) is 48.2 Å². The van der Waals surface area contributed by atoms with E-state index >= 15 is 0 Å². The van der Waals surface area contributed by atoms with Crippen LogP contribution < -0.4 is 5.32 Å². The van der Waals surface area contributed by atoms with Gasteiger partial charge in [0.25, 0.3) is 11.8 Å². The quantitative estimate of drug-likeness (QED) is 0.449. The van der Waals surface area contributed by atoms with Gasteiger partial charge in [-0.15, -0.1) is 0 Å². The molecule has 0 spiro atoms. The summed E-state index contributed by atoms with van der Waals surface area (Å²) in [6, 6.07) is 9.55. The van der Waals surface area contributed by atoms with Crippen LogP contribution in [0.15, 0.2) is 39.4 Å². The molecule has 9 nitrogen and oxygen atoms in total. The molecule has 1 aromatic carbocycles. The number of aryl methyl sites for hydroxylation is 3. The van der Waals surface area contributed by atoms with Crippen molar-refractivity contribution >= 4 is 5.91 Å². The Morgan fingerprint density at radius 3 is 2.61 bits per heavy atom. The second-order valence-electron chi connectivity index (χ2n) is 7.26. The Kier molecular flexibility index (Phi) is 5.92. The van der Waals surface area contributed by atoms with Crippen LogP contribution in [0.25, 0.3) is 11.5 Å². The number of benzene rings is 1. The van der Waals surface area contributed by atoms with Crippen molar-refractivity contribution in [1.82, 2.24) is 30.8 Å². The third-order valence-electron chi connectivity index (χ3n) is 5.16. The van der Waals surface area contributed by atoms with Crippen LogP contribution in [0.1, 0.15) is 51.5 Å². The maximum Gasteiger partial charge on any atom is 0.273 e. The average molecular weight is 420 g/mol. The van der Waals surface area contributed by atoms with Crippen LogP contribution >= 0.6 is 0 Å². The van der Waals surface area contributed by atoms with Gasteiger partial charge in [-0.2, -0.15) is 10.1 Å². The molecule has 0 radical (unpaired) electrons. The molecule has 0 fully saturated rings. The number of rotatable bonds is 8. The molecule has 9 heteroatoms. The third kappa shape index (κ3) is 4.40. The monoisotopic (exact) mass is 420 g/mol. The molecule has 0 bridgehead atoms. The van der Waals surface area contributed by atoms with Gasteiger partial charge in [0.2, 0.25) is 0 Å². The Balaban J connectivity index is 1.41. The second kappa shape index (κ2) is 8.95. The highest BCUT2D eigenvalue weighted by Crippen LogP contribution is 2.22. The van der Waals surface area contributed by atoms with Gasteiger partial charge < -0.3 is 14.4 Å². The van der Waals surface area contributed by atoms with E-state index in [2.05, 4.69) is 30.8 Å². The number of nitrogens with zero attached hydrogens (tertiary/aromatic N) is 4. The smallest absolute Gasteiger partial charge is 0.273 e. The van der Waals surface area contributed by atoms with Crippen molar-refractivity contribution in [3.8, 4) is 11.5 Å². The van der Waals surface area contributed by atoms with E-state index in [1.54, 1.807) is 0 Å². The first kappa shape index (κ1) is 20.5. The molecule has 0 aliphatic heterocycles. The summed E-state index contributed by atoms with van der Waals surface area (Å²) in [4.78, 5) is 17.2. The molecule has 0 aliphatic carbocycles. The first-order valence-electron chi connectivity index (χ1n) is 10.2. The Bertz CT molecular complexity index is 1160. The van der Waals surface area contributed by atoms with Crippen LogP contribution in [0.4, 0.5) is 0 Å². The molecular weight excluding hydrogens is 396 g/mol. The van der Waals surface area contributed by atoms with Crippen molar-refractivity contribution in [3.63, 3.8) is 0 Å². The van der Waals surface area contributed by atoms with Crippen LogP contribution in [0, 0.1) is 13.8 Å². The molecule has 4 aromatic rings. The van der Waals surface area contributed by atoms with Crippen molar-refractivity contribution in [3.05, 3.63) is 70.1 Å². The summed E-state index contributed by atoms with van der Waals surface area (Å²) in [6.45, 7) is 6.22. The van der Waals surface area contributed by atoms with E-state index in [0.717, 1.165) is 28.1 Å². The van der Waals surface area contributed by atoms with Gasteiger partial charge >= 0.3 is 0 Å². The van der Waals surface area contributed by atoms with Crippen LogP contribution in [-0.4, -0.2) is 37.9 Å². The fourth-order valence-corrected chi connectivity index (χ4v) is 3.42. The topological polar surface area (TPSA) is 123 Å². The molecule has 3 aromatic heterocycles. The molecule has 3 heterocycles. The highest BCUT2D eigenvalue weighted by atomic mass is 16.5. The summed E-state index contributed by atoms with van der Waals surface area (Å²) in [7, 11) is 0. The van der Waals surface area contributed by atoms with Crippen molar-refractivity contribution in [2.45, 2.75) is 40.0 Å². The fraction of sp³-hybridized carbons (Fsp3) is 0.318. The predicted octanol–water partition coefficient (Wildman–Crippen LogP) is 3.19. The number of amides is 1. The minimum absolute atomic E-state index is 0.288. The first-order valence-corrected chi connectivity index (χ1v) is 10.2. The zero-order valence-electron chi connectivity index (χ0n) is 17.7. The van der Waals surface area contributed by atoms with E-state index in [4.69, 9.17) is 9.05 Å². The van der Waals surface area contributed by atoms with E-state index in [0.29, 0.717) is 49.0 Å². The molecule has 4 rings (SSSR count). The summed E-state index contributed by atoms with van der Waals surface area (Å²) in [5.41, 5.74) is 4.87. The first-order chi connectivity index (χ1) is 15.1. The molecule has 0 unspecified atom stereocenters. The van der Waals surface area contributed by atoms with Crippen LogP contribution in [0.3, 0.4) is 0 Å². The Morgan fingerprint density at radius 1 is 1.10 bits per heavy atom. The average Bonchev–Trinajstić information content (AvgIpc) is 3.50. The van der Waals surface area contributed by atoms with Gasteiger partial charge in [-0.25, -0.2) is 0 Å². The summed E-state index contributed by atoms with van der Waals surface area (Å²) >= 11 is 0. The van der Waals surface area contributed by atoms with Crippen molar-refractivity contribution in [2.75, 3.05) is 6.54 Å².